The summed E-state index contributed by atoms with van der Waals surface area (Å²) in [4.78, 5) is 27.8. The number of hydrogen-bond donors (Lipinski definition) is 1. The zero-order chi connectivity index (χ0) is 27.9. The lowest BCUT2D eigenvalue weighted by Gasteiger charge is -2.33. The number of benzene rings is 3. The molecule has 3 aromatic carbocycles. The Balaban J connectivity index is 2.06. The summed E-state index contributed by atoms with van der Waals surface area (Å²) in [5.41, 5.74) is 1.29. The van der Waals surface area contributed by atoms with Gasteiger partial charge in [-0.15, -0.1) is 0 Å². The van der Waals surface area contributed by atoms with Crippen molar-refractivity contribution in [3.63, 3.8) is 0 Å². The number of para-hydroxylation sites is 1. The minimum Gasteiger partial charge on any atom is -0.497 e. The minimum absolute atomic E-state index is 0.0322. The van der Waals surface area contributed by atoms with Crippen molar-refractivity contribution in [1.29, 1.82) is 0 Å². The molecule has 1 N–H and O–H groups in total. The first-order chi connectivity index (χ1) is 18.1. The number of ether oxygens (including phenoxy) is 1. The molecule has 0 aliphatic rings. The monoisotopic (exact) mass is 541 g/mol. The summed E-state index contributed by atoms with van der Waals surface area (Å²) in [6, 6.07) is 17.5. The lowest BCUT2D eigenvalue weighted by Crippen LogP contribution is -2.51. The van der Waals surface area contributed by atoms with E-state index in [1.54, 1.807) is 43.3 Å². The number of carbonyl (C=O) groups excluding carboxylic acids is 2. The lowest BCUT2D eigenvalue weighted by atomic mass is 10.1. The van der Waals surface area contributed by atoms with Gasteiger partial charge in [-0.2, -0.15) is 0 Å². The van der Waals surface area contributed by atoms with Crippen LogP contribution in [0.25, 0.3) is 0 Å². The molecule has 3 aromatic rings. The molecule has 0 spiro atoms. The van der Waals surface area contributed by atoms with Crippen molar-refractivity contribution in [1.82, 2.24) is 10.2 Å². The van der Waals surface area contributed by atoms with E-state index in [1.807, 2.05) is 6.92 Å². The number of aryl methyl sites for hydroxylation is 1. The first-order valence-electron chi connectivity index (χ1n) is 12.1. The number of carbonyl (C=O) groups is 2. The fourth-order valence-electron chi connectivity index (χ4n) is 4.02. The molecule has 0 aliphatic heterocycles. The van der Waals surface area contributed by atoms with E-state index in [-0.39, 0.29) is 23.5 Å². The van der Waals surface area contributed by atoms with Gasteiger partial charge >= 0.3 is 0 Å². The Morgan fingerprint density at radius 3 is 2.18 bits per heavy atom. The number of methoxy groups -OCH3 is 1. The highest BCUT2D eigenvalue weighted by molar-refractivity contribution is 7.92. The molecule has 10 heteroatoms. The Kier molecular flexibility index (Phi) is 9.46. The number of hydrogen-bond acceptors (Lipinski definition) is 5. The minimum atomic E-state index is -4.33. The quantitative estimate of drug-likeness (QED) is 0.397. The number of rotatable bonds is 11. The van der Waals surface area contributed by atoms with Crippen molar-refractivity contribution in [3.8, 4) is 5.75 Å². The second-order valence-corrected chi connectivity index (χ2v) is 10.5. The van der Waals surface area contributed by atoms with Crippen LogP contribution in [0, 0.1) is 12.7 Å². The van der Waals surface area contributed by atoms with Crippen LogP contribution in [0.15, 0.2) is 77.7 Å². The highest BCUT2D eigenvalue weighted by Crippen LogP contribution is 2.27. The van der Waals surface area contributed by atoms with Gasteiger partial charge in [0.25, 0.3) is 10.0 Å². The summed E-state index contributed by atoms with van der Waals surface area (Å²) in [5, 5.41) is 2.57. The van der Waals surface area contributed by atoms with Crippen LogP contribution in [0.3, 0.4) is 0 Å². The van der Waals surface area contributed by atoms with Gasteiger partial charge in [0.2, 0.25) is 11.8 Å². The maximum atomic E-state index is 14.9. The van der Waals surface area contributed by atoms with E-state index in [2.05, 4.69) is 5.32 Å². The highest BCUT2D eigenvalue weighted by atomic mass is 32.2. The lowest BCUT2D eigenvalue weighted by molar-refractivity contribution is -0.140. The van der Waals surface area contributed by atoms with Gasteiger partial charge in [-0.3, -0.25) is 13.9 Å². The molecular formula is C28H32FN3O5S. The van der Waals surface area contributed by atoms with Crippen LogP contribution < -0.4 is 14.4 Å². The van der Waals surface area contributed by atoms with Gasteiger partial charge in [0.05, 0.1) is 17.7 Å². The smallest absolute Gasteiger partial charge is 0.264 e. The van der Waals surface area contributed by atoms with Gasteiger partial charge in [-0.1, -0.05) is 48.9 Å². The Morgan fingerprint density at radius 2 is 1.63 bits per heavy atom. The average molecular weight is 542 g/mol. The molecule has 2 amide bonds. The third-order valence-corrected chi connectivity index (χ3v) is 7.93. The number of nitrogens with zero attached hydrogens (tertiary/aromatic N) is 2. The van der Waals surface area contributed by atoms with Gasteiger partial charge in [0.15, 0.2) is 0 Å². The van der Waals surface area contributed by atoms with Crippen LogP contribution in [0.1, 0.15) is 24.5 Å². The fraction of sp³-hybridized carbons (Fsp3) is 0.286. The van der Waals surface area contributed by atoms with Crippen molar-refractivity contribution in [2.24, 2.45) is 0 Å². The predicted octanol–water partition coefficient (Wildman–Crippen LogP) is 3.89. The average Bonchev–Trinajstić information content (AvgIpc) is 2.92. The van der Waals surface area contributed by atoms with Crippen molar-refractivity contribution in [2.45, 2.75) is 37.8 Å². The SMILES string of the molecule is CC[C@H](C(=O)NC)N(Cc1ccc(OC)cc1)C(=O)CN(c1ccccc1F)S(=O)(=O)c1ccc(C)cc1. The molecule has 0 radical (unpaired) electrons. The van der Waals surface area contributed by atoms with Crippen molar-refractivity contribution in [3.05, 3.63) is 89.7 Å². The van der Waals surface area contributed by atoms with Crippen molar-refractivity contribution in [2.75, 3.05) is 25.0 Å². The van der Waals surface area contributed by atoms with Gasteiger partial charge in [-0.05, 0) is 55.3 Å². The Hall–Kier alpha value is -3.92. The van der Waals surface area contributed by atoms with Gasteiger partial charge in [0.1, 0.15) is 24.2 Å². The first kappa shape index (κ1) is 28.6. The topological polar surface area (TPSA) is 96.0 Å². The first-order valence-corrected chi connectivity index (χ1v) is 13.5. The third kappa shape index (κ3) is 6.49. The maximum Gasteiger partial charge on any atom is 0.264 e. The van der Waals surface area contributed by atoms with E-state index >= 15 is 0 Å². The summed E-state index contributed by atoms with van der Waals surface area (Å²) in [7, 11) is -1.33. The largest absolute Gasteiger partial charge is 0.497 e. The van der Waals surface area contributed by atoms with Crippen molar-refractivity contribution >= 4 is 27.5 Å². The van der Waals surface area contributed by atoms with Crippen molar-refractivity contribution < 1.29 is 27.1 Å². The number of amides is 2. The molecule has 0 aromatic heterocycles. The molecular weight excluding hydrogens is 509 g/mol. The Labute approximate surface area is 223 Å². The standard InChI is InChI=1S/C28H32FN3O5S/c1-5-25(28(34)30-3)31(18-21-12-14-22(37-4)15-13-21)27(33)19-32(26-9-7-6-8-24(26)29)38(35,36)23-16-10-20(2)11-17-23/h6-17,25H,5,18-19H2,1-4H3,(H,30,34)/t25-/m1/s1. The number of likely N-dealkylation sites (N-methyl/N-ethyl adjacent to an activating group) is 1. The summed E-state index contributed by atoms with van der Waals surface area (Å²) >= 11 is 0. The zero-order valence-corrected chi connectivity index (χ0v) is 22.7. The molecule has 0 saturated carbocycles. The number of sulfonamides is 1. The van der Waals surface area contributed by atoms with Gasteiger partial charge < -0.3 is 15.0 Å². The van der Waals surface area contributed by atoms with Gasteiger partial charge in [-0.25, -0.2) is 12.8 Å². The summed E-state index contributed by atoms with van der Waals surface area (Å²) in [6.07, 6.45) is 0.284. The Morgan fingerprint density at radius 1 is 1.00 bits per heavy atom. The van der Waals surface area contributed by atoms with Crippen LogP contribution in [-0.2, 0) is 26.2 Å². The van der Waals surface area contributed by atoms with Crippen LogP contribution in [-0.4, -0.2) is 51.9 Å². The van der Waals surface area contributed by atoms with E-state index in [4.69, 9.17) is 4.74 Å². The summed E-state index contributed by atoms with van der Waals surface area (Å²) < 4.78 is 48.3. The van der Waals surface area contributed by atoms with Crippen LogP contribution >= 0.6 is 0 Å². The second-order valence-electron chi connectivity index (χ2n) is 8.68. The Bertz CT molecular complexity index is 1360. The van der Waals surface area contributed by atoms with E-state index in [9.17, 15) is 22.4 Å². The number of nitrogens with one attached hydrogen (secondary N) is 1. The summed E-state index contributed by atoms with van der Waals surface area (Å²) in [5.74, 6) is -1.22. The zero-order valence-electron chi connectivity index (χ0n) is 21.8. The molecule has 3 rings (SSSR count). The van der Waals surface area contributed by atoms with Gasteiger partial charge in [0, 0.05) is 13.6 Å². The molecule has 0 heterocycles. The molecule has 0 aliphatic carbocycles. The molecule has 1 atom stereocenters. The van der Waals surface area contributed by atoms with Crippen LogP contribution in [0.5, 0.6) is 5.75 Å². The molecule has 38 heavy (non-hydrogen) atoms. The highest BCUT2D eigenvalue weighted by Gasteiger charge is 2.34. The third-order valence-electron chi connectivity index (χ3n) is 6.15. The van der Waals surface area contributed by atoms with E-state index in [1.165, 1.54) is 49.4 Å². The second kappa shape index (κ2) is 12.6. The predicted molar refractivity (Wildman–Crippen MR) is 144 cm³/mol. The molecule has 0 bridgehead atoms. The molecule has 8 nitrogen and oxygen atoms in total. The fourth-order valence-corrected chi connectivity index (χ4v) is 5.44. The van der Waals surface area contributed by atoms with E-state index < -0.39 is 40.2 Å². The molecule has 0 saturated heterocycles. The molecule has 202 valence electrons. The normalized spacial score (nSPS) is 11.9. The molecule has 0 fully saturated rings. The summed E-state index contributed by atoms with van der Waals surface area (Å²) in [6.45, 7) is 2.90. The van der Waals surface area contributed by atoms with Crippen LogP contribution in [0.2, 0.25) is 0 Å². The van der Waals surface area contributed by atoms with E-state index in [0.29, 0.717) is 11.3 Å². The number of halogens is 1. The number of anilines is 1. The van der Waals surface area contributed by atoms with Crippen LogP contribution in [0.4, 0.5) is 10.1 Å². The van der Waals surface area contributed by atoms with E-state index in [0.717, 1.165) is 15.9 Å². The molecule has 0 unspecified atom stereocenters. The maximum absolute atomic E-state index is 14.9.